The van der Waals surface area contributed by atoms with Crippen LogP contribution in [0.4, 0.5) is 13.2 Å². The van der Waals surface area contributed by atoms with Gasteiger partial charge in [0.15, 0.2) is 11.6 Å². The van der Waals surface area contributed by atoms with Crippen LogP contribution >= 0.6 is 0 Å². The van der Waals surface area contributed by atoms with Gasteiger partial charge in [-0.05, 0) is 73.2 Å². The van der Waals surface area contributed by atoms with Gasteiger partial charge in [0.25, 0.3) is 11.8 Å². The van der Waals surface area contributed by atoms with E-state index in [-0.39, 0.29) is 34.6 Å². The minimum atomic E-state index is -0.662. The van der Waals surface area contributed by atoms with Crippen LogP contribution in [0.15, 0.2) is 60.7 Å². The van der Waals surface area contributed by atoms with Crippen molar-refractivity contribution >= 4 is 11.8 Å². The van der Waals surface area contributed by atoms with Gasteiger partial charge in [0.2, 0.25) is 0 Å². The highest BCUT2D eigenvalue weighted by Crippen LogP contribution is 2.26. The van der Waals surface area contributed by atoms with E-state index in [1.54, 1.807) is 29.2 Å². The molecule has 2 amide bonds. The molecule has 0 saturated carbocycles. The van der Waals surface area contributed by atoms with Gasteiger partial charge in [0.1, 0.15) is 11.6 Å². The zero-order valence-electron chi connectivity index (χ0n) is 22.3. The summed E-state index contributed by atoms with van der Waals surface area (Å²) >= 11 is 0. The SMILES string of the molecule is COc1cccc(C(=O)NC2CCN(C3CCN(C(=O)c4ccc(-c5ccc(F)cc5)cc4F)CC3)CC2)c1F. The molecule has 0 aliphatic carbocycles. The fraction of sp³-hybridized carbons (Fsp3) is 0.355. The number of amides is 2. The Hall–Kier alpha value is -3.85. The quantitative estimate of drug-likeness (QED) is 0.453. The van der Waals surface area contributed by atoms with E-state index in [1.807, 2.05) is 0 Å². The van der Waals surface area contributed by atoms with Gasteiger partial charge in [-0.15, -0.1) is 0 Å². The van der Waals surface area contributed by atoms with Crippen LogP contribution in [0.3, 0.4) is 0 Å². The molecule has 6 nitrogen and oxygen atoms in total. The molecule has 210 valence electrons. The van der Waals surface area contributed by atoms with E-state index < -0.39 is 17.5 Å². The van der Waals surface area contributed by atoms with E-state index in [0.717, 1.165) is 38.8 Å². The number of rotatable bonds is 6. The van der Waals surface area contributed by atoms with Crippen LogP contribution in [0.1, 0.15) is 46.4 Å². The van der Waals surface area contributed by atoms with Crippen molar-refractivity contribution < 1.29 is 27.5 Å². The predicted octanol–water partition coefficient (Wildman–Crippen LogP) is 5.28. The van der Waals surface area contributed by atoms with Crippen molar-refractivity contribution in [2.24, 2.45) is 0 Å². The Balaban J connectivity index is 1.11. The Kier molecular flexibility index (Phi) is 8.40. The van der Waals surface area contributed by atoms with Gasteiger partial charge in [-0.1, -0.05) is 24.3 Å². The molecule has 0 spiro atoms. The van der Waals surface area contributed by atoms with E-state index in [4.69, 9.17) is 4.74 Å². The highest BCUT2D eigenvalue weighted by atomic mass is 19.1. The molecular formula is C31H32F3N3O3. The topological polar surface area (TPSA) is 61.9 Å². The Morgan fingerprint density at radius 3 is 2.15 bits per heavy atom. The maximum absolute atomic E-state index is 14.9. The number of hydrogen-bond donors (Lipinski definition) is 1. The van der Waals surface area contributed by atoms with E-state index >= 15 is 0 Å². The number of carbonyl (C=O) groups is 2. The Morgan fingerprint density at radius 2 is 1.50 bits per heavy atom. The maximum Gasteiger partial charge on any atom is 0.256 e. The molecule has 1 N–H and O–H groups in total. The summed E-state index contributed by atoms with van der Waals surface area (Å²) in [5.74, 6) is -2.35. The van der Waals surface area contributed by atoms with Crippen LogP contribution in [-0.2, 0) is 0 Å². The number of benzene rings is 3. The first-order valence-electron chi connectivity index (χ1n) is 13.6. The van der Waals surface area contributed by atoms with Gasteiger partial charge in [-0.3, -0.25) is 9.59 Å². The molecule has 0 aromatic heterocycles. The summed E-state index contributed by atoms with van der Waals surface area (Å²) in [6, 6.07) is 15.1. The number of likely N-dealkylation sites (tertiary alicyclic amines) is 2. The molecule has 2 fully saturated rings. The molecule has 2 saturated heterocycles. The number of methoxy groups -OCH3 is 1. The summed E-state index contributed by atoms with van der Waals surface area (Å²) in [5.41, 5.74) is 1.27. The number of nitrogens with one attached hydrogen (secondary N) is 1. The second-order valence-electron chi connectivity index (χ2n) is 10.3. The molecule has 0 unspecified atom stereocenters. The monoisotopic (exact) mass is 551 g/mol. The smallest absolute Gasteiger partial charge is 0.256 e. The van der Waals surface area contributed by atoms with Crippen LogP contribution in [0.2, 0.25) is 0 Å². The molecule has 3 aromatic carbocycles. The second kappa shape index (κ2) is 12.1. The average Bonchev–Trinajstić information content (AvgIpc) is 2.98. The Morgan fingerprint density at radius 1 is 0.825 bits per heavy atom. The molecule has 9 heteroatoms. The van der Waals surface area contributed by atoms with Crippen LogP contribution in [-0.4, -0.2) is 67.0 Å². The van der Waals surface area contributed by atoms with E-state index in [0.29, 0.717) is 30.3 Å². The number of halogens is 3. The molecule has 0 radical (unpaired) electrons. The first-order chi connectivity index (χ1) is 19.3. The van der Waals surface area contributed by atoms with Crippen molar-refractivity contribution in [2.75, 3.05) is 33.3 Å². The molecule has 2 heterocycles. The van der Waals surface area contributed by atoms with Crippen LogP contribution in [0, 0.1) is 17.5 Å². The third-order valence-electron chi connectivity index (χ3n) is 7.94. The molecule has 0 atom stereocenters. The van der Waals surface area contributed by atoms with Crippen molar-refractivity contribution in [3.8, 4) is 16.9 Å². The maximum atomic E-state index is 14.9. The number of piperidine rings is 2. The molecule has 5 rings (SSSR count). The lowest BCUT2D eigenvalue weighted by molar-refractivity contribution is 0.0562. The number of ether oxygens (including phenoxy) is 1. The van der Waals surface area contributed by atoms with Gasteiger partial charge in [-0.25, -0.2) is 13.2 Å². The predicted molar refractivity (Wildman–Crippen MR) is 146 cm³/mol. The Bertz CT molecular complexity index is 1370. The molecule has 2 aliphatic heterocycles. The standard InChI is InChI=1S/C31H32F3N3O3/c1-40-28-4-2-3-26(29(28)34)30(38)35-23-11-15-36(16-12-23)24-13-17-37(18-14-24)31(39)25-10-7-21(19-27(25)33)20-5-8-22(32)9-6-20/h2-10,19,23-24H,11-18H2,1H3,(H,35,38). The van der Waals surface area contributed by atoms with Crippen molar-refractivity contribution in [3.05, 3.63) is 89.2 Å². The van der Waals surface area contributed by atoms with Crippen LogP contribution < -0.4 is 10.1 Å². The molecule has 0 bridgehead atoms. The molecule has 40 heavy (non-hydrogen) atoms. The summed E-state index contributed by atoms with van der Waals surface area (Å²) in [4.78, 5) is 29.8. The lowest BCUT2D eigenvalue weighted by atomic mass is 9.97. The van der Waals surface area contributed by atoms with Crippen molar-refractivity contribution in [1.82, 2.24) is 15.1 Å². The van der Waals surface area contributed by atoms with E-state index in [2.05, 4.69) is 10.2 Å². The van der Waals surface area contributed by atoms with Crippen molar-refractivity contribution in [2.45, 2.75) is 37.8 Å². The summed E-state index contributed by atoms with van der Waals surface area (Å²) in [5, 5.41) is 2.95. The third-order valence-corrected chi connectivity index (χ3v) is 7.94. The summed E-state index contributed by atoms with van der Waals surface area (Å²) in [7, 11) is 1.36. The first-order valence-corrected chi connectivity index (χ1v) is 13.6. The number of nitrogens with zero attached hydrogens (tertiary/aromatic N) is 2. The van der Waals surface area contributed by atoms with Crippen LogP contribution in [0.25, 0.3) is 11.1 Å². The third kappa shape index (κ3) is 5.99. The lowest BCUT2D eigenvalue weighted by Gasteiger charge is -2.42. The minimum Gasteiger partial charge on any atom is -0.494 e. The van der Waals surface area contributed by atoms with Gasteiger partial charge < -0.3 is 19.9 Å². The Labute approximate surface area is 231 Å². The average molecular weight is 552 g/mol. The van der Waals surface area contributed by atoms with E-state index in [9.17, 15) is 22.8 Å². The van der Waals surface area contributed by atoms with E-state index in [1.165, 1.54) is 43.5 Å². The largest absolute Gasteiger partial charge is 0.494 e. The highest BCUT2D eigenvalue weighted by molar-refractivity contribution is 5.95. The first kappa shape index (κ1) is 27.7. The minimum absolute atomic E-state index is 0.0275. The molecule has 2 aliphatic rings. The summed E-state index contributed by atoms with van der Waals surface area (Å²) in [6.45, 7) is 2.66. The van der Waals surface area contributed by atoms with Gasteiger partial charge in [0.05, 0.1) is 18.2 Å². The number of hydrogen-bond acceptors (Lipinski definition) is 4. The van der Waals surface area contributed by atoms with Crippen molar-refractivity contribution in [3.63, 3.8) is 0 Å². The van der Waals surface area contributed by atoms with Gasteiger partial charge in [-0.2, -0.15) is 0 Å². The van der Waals surface area contributed by atoms with Crippen LogP contribution in [0.5, 0.6) is 5.75 Å². The van der Waals surface area contributed by atoms with Gasteiger partial charge >= 0.3 is 0 Å². The summed E-state index contributed by atoms with van der Waals surface area (Å²) in [6.07, 6.45) is 3.07. The molecular weight excluding hydrogens is 519 g/mol. The van der Waals surface area contributed by atoms with Crippen molar-refractivity contribution in [1.29, 1.82) is 0 Å². The molecule has 3 aromatic rings. The zero-order chi connectivity index (χ0) is 28.2. The second-order valence-corrected chi connectivity index (χ2v) is 10.3. The normalized spacial score (nSPS) is 17.1. The lowest BCUT2D eigenvalue weighted by Crippen LogP contribution is -2.51. The zero-order valence-corrected chi connectivity index (χ0v) is 22.3. The fourth-order valence-electron chi connectivity index (χ4n) is 5.63. The van der Waals surface area contributed by atoms with Gasteiger partial charge in [0, 0.05) is 38.3 Å². The number of carbonyl (C=O) groups excluding carboxylic acids is 2. The highest BCUT2D eigenvalue weighted by Gasteiger charge is 2.31. The fourth-order valence-corrected chi connectivity index (χ4v) is 5.63. The summed E-state index contributed by atoms with van der Waals surface area (Å²) < 4.78 is 47.5.